The molecule has 0 bridgehead atoms. The number of nitrogens with zero attached hydrogens (tertiary/aromatic N) is 3. The molecule has 0 saturated carbocycles. The van der Waals surface area contributed by atoms with Crippen LogP contribution in [0.25, 0.3) is 0 Å². The van der Waals surface area contributed by atoms with E-state index in [2.05, 4.69) is 31.1 Å². The lowest BCUT2D eigenvalue weighted by atomic mass is 10.2. The van der Waals surface area contributed by atoms with Crippen molar-refractivity contribution in [3.63, 3.8) is 0 Å². The zero-order chi connectivity index (χ0) is 18.8. The number of anilines is 4. The molecule has 10 heteroatoms. The Morgan fingerprint density at radius 2 is 2.15 bits per heavy atom. The molecule has 1 aromatic heterocycles. The van der Waals surface area contributed by atoms with Gasteiger partial charge in [-0.2, -0.15) is 10.1 Å². The monoisotopic (exact) mass is 355 g/mol. The van der Waals surface area contributed by atoms with Crippen molar-refractivity contribution in [2.75, 3.05) is 29.1 Å². The van der Waals surface area contributed by atoms with Crippen molar-refractivity contribution in [3.05, 3.63) is 36.0 Å². The largest absolute Gasteiger partial charge is 0.365 e. The first-order valence-electron chi connectivity index (χ1n) is 7.90. The predicted octanol–water partition coefficient (Wildman–Crippen LogP) is 1.13. The molecule has 0 aliphatic carbocycles. The molecule has 10 nitrogen and oxygen atoms in total. The Labute approximate surface area is 150 Å². The van der Waals surface area contributed by atoms with Crippen molar-refractivity contribution in [2.45, 2.75) is 6.42 Å². The molecule has 1 amide bonds. The van der Waals surface area contributed by atoms with E-state index >= 15 is 0 Å². The number of hydrogen-bond donors (Lipinski definition) is 6. The van der Waals surface area contributed by atoms with Crippen LogP contribution in [-0.2, 0) is 0 Å². The predicted molar refractivity (Wildman–Crippen MR) is 103 cm³/mol. The van der Waals surface area contributed by atoms with E-state index in [-0.39, 0.29) is 5.56 Å². The fourth-order valence-corrected chi connectivity index (χ4v) is 2.00. The number of hydrazone groups is 1. The Kier molecular flexibility index (Phi) is 7.01. The maximum Gasteiger partial charge on any atom is 0.254 e. The van der Waals surface area contributed by atoms with Crippen LogP contribution in [0, 0.1) is 5.41 Å². The minimum absolute atomic E-state index is 0.176. The smallest absolute Gasteiger partial charge is 0.254 e. The number of amides is 1. The Balaban J connectivity index is 2.21. The summed E-state index contributed by atoms with van der Waals surface area (Å²) in [5.74, 6) is 0.0320. The number of aromatic nitrogens is 2. The lowest BCUT2D eigenvalue weighted by Crippen LogP contribution is -2.17. The number of carbonyl (C=O) groups excluding carboxylic acids is 1. The van der Waals surface area contributed by atoms with Crippen LogP contribution >= 0.6 is 0 Å². The summed E-state index contributed by atoms with van der Waals surface area (Å²) < 4.78 is 0. The second-order valence-corrected chi connectivity index (χ2v) is 5.15. The molecular formula is C16H21N9O. The first-order valence-corrected chi connectivity index (χ1v) is 7.90. The molecule has 1 heterocycles. The van der Waals surface area contributed by atoms with E-state index in [0.717, 1.165) is 12.6 Å². The summed E-state index contributed by atoms with van der Waals surface area (Å²) in [5.41, 5.74) is 15.2. The van der Waals surface area contributed by atoms with Crippen molar-refractivity contribution in [1.29, 1.82) is 5.41 Å². The number of benzene rings is 1. The molecule has 1 aromatic carbocycles. The molecule has 2 aromatic rings. The molecule has 8 N–H and O–H groups in total. The Bertz CT molecular complexity index is 791. The van der Waals surface area contributed by atoms with Gasteiger partial charge in [-0.1, -0.05) is 6.07 Å². The highest BCUT2D eigenvalue weighted by atomic mass is 16.1. The lowest BCUT2D eigenvalue weighted by molar-refractivity contribution is 0.100. The Hall–Kier alpha value is -3.53. The minimum Gasteiger partial charge on any atom is -0.365 e. The molecule has 0 saturated heterocycles. The van der Waals surface area contributed by atoms with Gasteiger partial charge in [0.2, 0.25) is 5.95 Å². The van der Waals surface area contributed by atoms with Gasteiger partial charge in [-0.15, -0.1) is 0 Å². The third kappa shape index (κ3) is 5.53. The third-order valence-electron chi connectivity index (χ3n) is 3.19. The molecule has 0 atom stereocenters. The fourth-order valence-electron chi connectivity index (χ4n) is 2.00. The van der Waals surface area contributed by atoms with Gasteiger partial charge in [-0.25, -0.2) is 4.98 Å². The zero-order valence-corrected chi connectivity index (χ0v) is 14.1. The summed E-state index contributed by atoms with van der Waals surface area (Å²) in [7, 11) is 0. The first-order chi connectivity index (χ1) is 12.6. The van der Waals surface area contributed by atoms with Gasteiger partial charge < -0.3 is 27.5 Å². The maximum atomic E-state index is 11.6. The normalized spacial score (nSPS) is 10.5. The first kappa shape index (κ1) is 18.8. The second kappa shape index (κ2) is 9.69. The fraction of sp³-hybridized carbons (Fsp3) is 0.188. The highest BCUT2D eigenvalue weighted by Crippen LogP contribution is 2.22. The van der Waals surface area contributed by atoms with Crippen molar-refractivity contribution in [1.82, 2.24) is 9.97 Å². The number of hydrogen-bond acceptors (Lipinski definition) is 9. The SMILES string of the molecule is N=C/C=N\Nc1cccc(Nc2nc(NCCCN)ncc2C(N)=O)c1. The van der Waals surface area contributed by atoms with Crippen LogP contribution in [-0.4, -0.2) is 41.4 Å². The molecule has 26 heavy (non-hydrogen) atoms. The highest BCUT2D eigenvalue weighted by molar-refractivity contribution is 6.14. The van der Waals surface area contributed by atoms with E-state index in [1.807, 2.05) is 0 Å². The van der Waals surface area contributed by atoms with Gasteiger partial charge in [0.25, 0.3) is 5.91 Å². The molecule has 0 spiro atoms. The Morgan fingerprint density at radius 1 is 1.35 bits per heavy atom. The van der Waals surface area contributed by atoms with E-state index in [0.29, 0.717) is 36.2 Å². The van der Waals surface area contributed by atoms with E-state index in [4.69, 9.17) is 16.9 Å². The Morgan fingerprint density at radius 3 is 2.88 bits per heavy atom. The second-order valence-electron chi connectivity index (χ2n) is 5.15. The molecule has 0 radical (unpaired) electrons. The third-order valence-corrected chi connectivity index (χ3v) is 3.19. The van der Waals surface area contributed by atoms with Gasteiger partial charge in [0.1, 0.15) is 11.4 Å². The van der Waals surface area contributed by atoms with Crippen LogP contribution < -0.4 is 27.5 Å². The summed E-state index contributed by atoms with van der Waals surface area (Å²) in [6.07, 6.45) is 4.52. The van der Waals surface area contributed by atoms with Gasteiger partial charge >= 0.3 is 0 Å². The number of primary amides is 1. The number of nitrogens with two attached hydrogens (primary N) is 2. The van der Waals surface area contributed by atoms with Crippen LogP contribution in [0.2, 0.25) is 0 Å². The number of carbonyl (C=O) groups is 1. The molecule has 0 fully saturated rings. The van der Waals surface area contributed by atoms with Gasteiger partial charge in [0.05, 0.1) is 11.9 Å². The number of rotatable bonds is 10. The summed E-state index contributed by atoms with van der Waals surface area (Å²) >= 11 is 0. The van der Waals surface area contributed by atoms with Gasteiger partial charge in [-0.05, 0) is 31.2 Å². The summed E-state index contributed by atoms with van der Waals surface area (Å²) in [4.78, 5) is 20.0. The van der Waals surface area contributed by atoms with Crippen LogP contribution in [0.1, 0.15) is 16.8 Å². The summed E-state index contributed by atoms with van der Waals surface area (Å²) in [6, 6.07) is 7.19. The molecule has 136 valence electrons. The quantitative estimate of drug-likeness (QED) is 0.211. The summed E-state index contributed by atoms with van der Waals surface area (Å²) in [5, 5.41) is 16.8. The average Bonchev–Trinajstić information content (AvgIpc) is 2.62. The van der Waals surface area contributed by atoms with Crippen molar-refractivity contribution >= 4 is 41.5 Å². The van der Waals surface area contributed by atoms with Gasteiger partial charge in [-0.3, -0.25) is 10.2 Å². The zero-order valence-electron chi connectivity index (χ0n) is 14.1. The summed E-state index contributed by atoms with van der Waals surface area (Å²) in [6.45, 7) is 1.17. The van der Waals surface area contributed by atoms with E-state index in [1.54, 1.807) is 24.3 Å². The standard InChI is InChI=1S/C16H21N9O/c17-5-2-7-20-16-21-10-13(14(19)26)15(24-16)23-11-3-1-4-12(9-11)25-22-8-6-18/h1,3-4,6,8-10,18,25H,2,5,7,17H2,(H2,19,26)(H2,20,21,23,24)/b18-6?,22-8-. The molecule has 0 unspecified atom stereocenters. The van der Waals surface area contributed by atoms with E-state index in [1.165, 1.54) is 12.4 Å². The minimum atomic E-state index is -0.633. The van der Waals surface area contributed by atoms with Crippen LogP contribution in [0.5, 0.6) is 0 Å². The van der Waals surface area contributed by atoms with Crippen LogP contribution in [0.4, 0.5) is 23.1 Å². The lowest BCUT2D eigenvalue weighted by Gasteiger charge is -2.12. The van der Waals surface area contributed by atoms with E-state index < -0.39 is 5.91 Å². The molecular weight excluding hydrogens is 334 g/mol. The van der Waals surface area contributed by atoms with Crippen LogP contribution in [0.3, 0.4) is 0 Å². The van der Waals surface area contributed by atoms with Crippen molar-refractivity contribution in [2.24, 2.45) is 16.6 Å². The highest BCUT2D eigenvalue weighted by Gasteiger charge is 2.12. The molecule has 2 rings (SSSR count). The average molecular weight is 355 g/mol. The topological polar surface area (TPSA) is 167 Å². The molecule has 0 aliphatic heterocycles. The van der Waals surface area contributed by atoms with E-state index in [9.17, 15) is 4.79 Å². The van der Waals surface area contributed by atoms with Crippen molar-refractivity contribution in [3.8, 4) is 0 Å². The molecule has 0 aliphatic rings. The van der Waals surface area contributed by atoms with Gasteiger partial charge in [0.15, 0.2) is 0 Å². The number of nitrogens with one attached hydrogen (secondary N) is 4. The van der Waals surface area contributed by atoms with Gasteiger partial charge in [0, 0.05) is 24.6 Å². The van der Waals surface area contributed by atoms with Crippen molar-refractivity contribution < 1.29 is 4.79 Å². The van der Waals surface area contributed by atoms with Crippen LogP contribution in [0.15, 0.2) is 35.6 Å². The maximum absolute atomic E-state index is 11.6.